The Bertz CT molecular complexity index is 629. The summed E-state index contributed by atoms with van der Waals surface area (Å²) in [5.74, 6) is 2.28. The van der Waals surface area contributed by atoms with Crippen molar-refractivity contribution in [1.82, 2.24) is 15.5 Å². The molecule has 6 nitrogen and oxygen atoms in total. The molecule has 1 heterocycles. The van der Waals surface area contributed by atoms with E-state index in [0.29, 0.717) is 19.1 Å². The quantitative estimate of drug-likeness (QED) is 0.430. The Morgan fingerprint density at radius 2 is 1.96 bits per heavy atom. The first-order chi connectivity index (χ1) is 13.8. The highest BCUT2D eigenvalue weighted by atomic mass is 16.5. The van der Waals surface area contributed by atoms with E-state index in [9.17, 15) is 4.79 Å². The zero-order valence-corrected chi connectivity index (χ0v) is 17.0. The monoisotopic (exact) mass is 386 g/mol. The van der Waals surface area contributed by atoms with Gasteiger partial charge in [0, 0.05) is 31.6 Å². The molecule has 1 aromatic rings. The van der Waals surface area contributed by atoms with E-state index in [4.69, 9.17) is 4.74 Å². The molecule has 0 spiro atoms. The lowest BCUT2D eigenvalue weighted by atomic mass is 9.88. The molecule has 0 radical (unpaired) electrons. The third kappa shape index (κ3) is 6.14. The molecule has 2 N–H and O–H groups in total. The van der Waals surface area contributed by atoms with Crippen LogP contribution in [0.1, 0.15) is 45.4 Å². The number of nitrogens with one attached hydrogen (secondary N) is 2. The smallest absolute Gasteiger partial charge is 0.225 e. The van der Waals surface area contributed by atoms with Gasteiger partial charge in [-0.15, -0.1) is 0 Å². The van der Waals surface area contributed by atoms with Gasteiger partial charge in [-0.2, -0.15) is 0 Å². The van der Waals surface area contributed by atoms with Crippen LogP contribution in [0.25, 0.3) is 0 Å². The summed E-state index contributed by atoms with van der Waals surface area (Å²) in [4.78, 5) is 19.4. The fourth-order valence-corrected chi connectivity index (χ4v) is 4.04. The molecular formula is C22H34N4O2. The summed E-state index contributed by atoms with van der Waals surface area (Å²) in [6.07, 6.45) is 6.80. The van der Waals surface area contributed by atoms with Crippen molar-refractivity contribution < 1.29 is 9.53 Å². The molecule has 1 saturated heterocycles. The molecule has 2 fully saturated rings. The Morgan fingerprint density at radius 3 is 2.71 bits per heavy atom. The lowest BCUT2D eigenvalue weighted by molar-refractivity contribution is -0.135. The SMILES string of the molecule is CCNC(=NCCOc1ccccc1)NC1CCN(C(=O)C2CCCCC2)C1. The van der Waals surface area contributed by atoms with Crippen LogP contribution in [0.2, 0.25) is 0 Å². The number of likely N-dealkylation sites (tertiary alicyclic amines) is 1. The maximum absolute atomic E-state index is 12.7. The predicted molar refractivity (Wildman–Crippen MR) is 113 cm³/mol. The van der Waals surface area contributed by atoms with Crippen molar-refractivity contribution in [2.45, 2.75) is 51.5 Å². The largest absolute Gasteiger partial charge is 0.492 e. The molecule has 1 unspecified atom stereocenters. The van der Waals surface area contributed by atoms with Gasteiger partial charge < -0.3 is 20.3 Å². The molecule has 1 atom stereocenters. The summed E-state index contributed by atoms with van der Waals surface area (Å²) in [5, 5.41) is 6.79. The normalized spacial score (nSPS) is 20.8. The number of hydrogen-bond acceptors (Lipinski definition) is 3. The minimum absolute atomic E-state index is 0.254. The van der Waals surface area contributed by atoms with Crippen LogP contribution in [-0.4, -0.2) is 55.6 Å². The summed E-state index contributed by atoms with van der Waals surface area (Å²) >= 11 is 0. The fraction of sp³-hybridized carbons (Fsp3) is 0.636. The molecular weight excluding hydrogens is 352 g/mol. The van der Waals surface area contributed by atoms with Crippen molar-refractivity contribution in [1.29, 1.82) is 0 Å². The summed E-state index contributed by atoms with van der Waals surface area (Å²) in [6, 6.07) is 10.1. The van der Waals surface area contributed by atoms with Crippen molar-refractivity contribution in [3.05, 3.63) is 30.3 Å². The van der Waals surface area contributed by atoms with E-state index in [2.05, 4.69) is 27.4 Å². The van der Waals surface area contributed by atoms with Gasteiger partial charge in [0.2, 0.25) is 5.91 Å². The van der Waals surface area contributed by atoms with Crippen LogP contribution in [0, 0.1) is 5.92 Å². The lowest BCUT2D eigenvalue weighted by Gasteiger charge is -2.26. The number of aliphatic imine (C=N–C) groups is 1. The molecule has 2 aliphatic rings. The zero-order chi connectivity index (χ0) is 19.6. The van der Waals surface area contributed by atoms with Gasteiger partial charge in [0.25, 0.3) is 0 Å². The zero-order valence-electron chi connectivity index (χ0n) is 17.0. The highest BCUT2D eigenvalue weighted by Gasteiger charge is 2.31. The number of guanidine groups is 1. The van der Waals surface area contributed by atoms with Gasteiger partial charge >= 0.3 is 0 Å². The van der Waals surface area contributed by atoms with E-state index in [1.807, 2.05) is 30.3 Å². The Balaban J connectivity index is 1.43. The number of hydrogen-bond donors (Lipinski definition) is 2. The lowest BCUT2D eigenvalue weighted by Crippen LogP contribution is -2.45. The average molecular weight is 387 g/mol. The standard InChI is InChI=1S/C22H34N4O2/c1-2-23-22(24-14-16-28-20-11-7-4-8-12-20)25-19-13-15-26(17-19)21(27)18-9-5-3-6-10-18/h4,7-8,11-12,18-19H,2-3,5-6,9-10,13-17H2,1H3,(H2,23,24,25). The highest BCUT2D eigenvalue weighted by molar-refractivity contribution is 5.81. The van der Waals surface area contributed by atoms with Crippen LogP contribution < -0.4 is 15.4 Å². The first-order valence-corrected chi connectivity index (χ1v) is 10.8. The van der Waals surface area contributed by atoms with E-state index in [1.165, 1.54) is 19.3 Å². The maximum atomic E-state index is 12.7. The number of ether oxygens (including phenoxy) is 1. The van der Waals surface area contributed by atoms with Gasteiger partial charge in [0.15, 0.2) is 5.96 Å². The number of amides is 1. The number of nitrogens with zero attached hydrogens (tertiary/aromatic N) is 2. The Labute approximate surface area is 168 Å². The molecule has 6 heteroatoms. The topological polar surface area (TPSA) is 66.0 Å². The molecule has 1 aromatic carbocycles. The van der Waals surface area contributed by atoms with Gasteiger partial charge in [0.1, 0.15) is 12.4 Å². The van der Waals surface area contributed by atoms with Crippen LogP contribution in [0.5, 0.6) is 5.75 Å². The first-order valence-electron chi connectivity index (χ1n) is 10.8. The summed E-state index contributed by atoms with van der Waals surface area (Å²) < 4.78 is 5.70. The third-order valence-electron chi connectivity index (χ3n) is 5.51. The van der Waals surface area contributed by atoms with Gasteiger partial charge in [-0.1, -0.05) is 37.5 Å². The van der Waals surface area contributed by atoms with E-state index >= 15 is 0 Å². The second kappa shape index (κ2) is 10.9. The molecule has 1 aliphatic carbocycles. The molecule has 1 aliphatic heterocycles. The number of benzene rings is 1. The van der Waals surface area contributed by atoms with Crippen molar-refractivity contribution >= 4 is 11.9 Å². The Hall–Kier alpha value is -2.24. The number of rotatable bonds is 7. The van der Waals surface area contributed by atoms with Crippen LogP contribution in [0.4, 0.5) is 0 Å². The number of para-hydroxylation sites is 1. The first kappa shape index (κ1) is 20.5. The van der Waals surface area contributed by atoms with Crippen LogP contribution in [0.15, 0.2) is 35.3 Å². The van der Waals surface area contributed by atoms with E-state index in [1.54, 1.807) is 0 Å². The van der Waals surface area contributed by atoms with Gasteiger partial charge in [-0.25, -0.2) is 4.99 Å². The molecule has 1 saturated carbocycles. The van der Waals surface area contributed by atoms with Crippen molar-refractivity contribution in [2.24, 2.45) is 10.9 Å². The second-order valence-corrected chi connectivity index (χ2v) is 7.67. The summed E-state index contributed by atoms with van der Waals surface area (Å²) in [6.45, 7) is 5.62. The molecule has 0 bridgehead atoms. The Morgan fingerprint density at radius 1 is 1.18 bits per heavy atom. The Kier molecular flexibility index (Phi) is 8.00. The van der Waals surface area contributed by atoms with E-state index < -0.39 is 0 Å². The third-order valence-corrected chi connectivity index (χ3v) is 5.51. The molecule has 1 amide bonds. The summed E-state index contributed by atoms with van der Waals surface area (Å²) in [7, 11) is 0. The van der Waals surface area contributed by atoms with Crippen molar-refractivity contribution in [3.8, 4) is 5.75 Å². The van der Waals surface area contributed by atoms with E-state index in [0.717, 1.165) is 50.6 Å². The van der Waals surface area contributed by atoms with Gasteiger partial charge in [-0.05, 0) is 38.3 Å². The van der Waals surface area contributed by atoms with E-state index in [-0.39, 0.29) is 12.0 Å². The molecule has 28 heavy (non-hydrogen) atoms. The molecule has 0 aromatic heterocycles. The number of carbonyl (C=O) groups is 1. The van der Waals surface area contributed by atoms with Crippen molar-refractivity contribution in [2.75, 3.05) is 32.8 Å². The van der Waals surface area contributed by atoms with Crippen LogP contribution in [0.3, 0.4) is 0 Å². The number of carbonyl (C=O) groups excluding carboxylic acids is 1. The highest BCUT2D eigenvalue weighted by Crippen LogP contribution is 2.26. The van der Waals surface area contributed by atoms with Crippen molar-refractivity contribution in [3.63, 3.8) is 0 Å². The molecule has 154 valence electrons. The van der Waals surface area contributed by atoms with Gasteiger partial charge in [0.05, 0.1) is 6.54 Å². The van der Waals surface area contributed by atoms with Gasteiger partial charge in [-0.3, -0.25) is 4.79 Å². The predicted octanol–water partition coefficient (Wildman–Crippen LogP) is 2.80. The van der Waals surface area contributed by atoms with Crippen LogP contribution >= 0.6 is 0 Å². The summed E-state index contributed by atoms with van der Waals surface area (Å²) in [5.41, 5.74) is 0. The minimum Gasteiger partial charge on any atom is -0.492 e. The average Bonchev–Trinajstić information content (AvgIpc) is 3.20. The van der Waals surface area contributed by atoms with Crippen LogP contribution in [-0.2, 0) is 4.79 Å². The molecule has 3 rings (SSSR count). The second-order valence-electron chi connectivity index (χ2n) is 7.67. The fourth-order valence-electron chi connectivity index (χ4n) is 4.04. The minimum atomic E-state index is 0.254. The maximum Gasteiger partial charge on any atom is 0.225 e.